The summed E-state index contributed by atoms with van der Waals surface area (Å²) in [6.07, 6.45) is 0. The van der Waals surface area contributed by atoms with Gasteiger partial charge in [-0.25, -0.2) is 13.6 Å². The molecule has 0 unspecified atom stereocenters. The van der Waals surface area contributed by atoms with Gasteiger partial charge in [-0.3, -0.25) is 4.79 Å². The third-order valence-electron chi connectivity index (χ3n) is 2.61. The fourth-order valence-corrected chi connectivity index (χ4v) is 2.94. The number of anilines is 1. The first-order chi connectivity index (χ1) is 9.79. The van der Waals surface area contributed by atoms with E-state index in [9.17, 15) is 13.2 Å². The van der Waals surface area contributed by atoms with E-state index in [1.165, 1.54) is 24.3 Å². The average Bonchev–Trinajstić information content (AvgIpc) is 2.41. The first kappa shape index (κ1) is 16.0. The van der Waals surface area contributed by atoms with Crippen LogP contribution in [-0.4, -0.2) is 14.3 Å². The topological polar surface area (TPSA) is 89.3 Å². The second-order valence-electron chi connectivity index (χ2n) is 4.12. The molecule has 110 valence electrons. The Kier molecular flexibility index (Phi) is 4.67. The van der Waals surface area contributed by atoms with Gasteiger partial charge < -0.3 is 5.32 Å². The highest BCUT2D eigenvalue weighted by atomic mass is 79.9. The predicted octanol–water partition coefficient (Wildman–Crippen LogP) is 3.00. The predicted molar refractivity (Wildman–Crippen MR) is 84.9 cm³/mol. The van der Waals surface area contributed by atoms with Crippen LogP contribution in [0.25, 0.3) is 0 Å². The Balaban J connectivity index is 2.39. The van der Waals surface area contributed by atoms with Crippen LogP contribution < -0.4 is 10.5 Å². The SMILES string of the molecule is NS(=O)(=O)c1ccccc1NC(=O)c1cc(Br)ccc1Cl. The van der Waals surface area contributed by atoms with Crippen LogP contribution in [0.5, 0.6) is 0 Å². The fraction of sp³-hybridized carbons (Fsp3) is 0. The number of carbonyl (C=O) groups is 1. The van der Waals surface area contributed by atoms with Gasteiger partial charge >= 0.3 is 0 Å². The first-order valence-electron chi connectivity index (χ1n) is 5.67. The first-order valence-corrected chi connectivity index (χ1v) is 8.39. The molecule has 2 aromatic rings. The summed E-state index contributed by atoms with van der Waals surface area (Å²) in [6, 6.07) is 10.7. The van der Waals surface area contributed by atoms with Crippen LogP contribution in [-0.2, 0) is 10.0 Å². The smallest absolute Gasteiger partial charge is 0.257 e. The summed E-state index contributed by atoms with van der Waals surface area (Å²) in [5.41, 5.74) is 0.316. The summed E-state index contributed by atoms with van der Waals surface area (Å²) < 4.78 is 23.6. The van der Waals surface area contributed by atoms with Gasteiger partial charge in [0.05, 0.1) is 16.3 Å². The Morgan fingerprint density at radius 1 is 1.19 bits per heavy atom. The highest BCUT2D eigenvalue weighted by Gasteiger charge is 2.17. The van der Waals surface area contributed by atoms with Gasteiger partial charge in [0.2, 0.25) is 10.0 Å². The summed E-state index contributed by atoms with van der Waals surface area (Å²) in [5, 5.41) is 7.86. The maximum atomic E-state index is 12.2. The number of sulfonamides is 1. The minimum Gasteiger partial charge on any atom is -0.321 e. The highest BCUT2D eigenvalue weighted by molar-refractivity contribution is 9.10. The molecule has 2 aromatic carbocycles. The number of nitrogens with two attached hydrogens (primary N) is 1. The number of hydrogen-bond donors (Lipinski definition) is 2. The number of primary sulfonamides is 1. The van der Waals surface area contributed by atoms with Crippen molar-refractivity contribution in [1.82, 2.24) is 0 Å². The van der Waals surface area contributed by atoms with Crippen LogP contribution in [0.1, 0.15) is 10.4 Å². The summed E-state index contributed by atoms with van der Waals surface area (Å²) >= 11 is 9.20. The van der Waals surface area contributed by atoms with E-state index < -0.39 is 15.9 Å². The Morgan fingerprint density at radius 2 is 1.86 bits per heavy atom. The molecule has 0 aliphatic heterocycles. The molecule has 2 rings (SSSR count). The molecule has 0 bridgehead atoms. The lowest BCUT2D eigenvalue weighted by molar-refractivity contribution is 0.102. The lowest BCUT2D eigenvalue weighted by Crippen LogP contribution is -2.18. The molecular formula is C13H10BrClN2O3S. The lowest BCUT2D eigenvalue weighted by Gasteiger charge is -2.10. The number of hydrogen-bond acceptors (Lipinski definition) is 3. The van der Waals surface area contributed by atoms with E-state index in [0.717, 1.165) is 0 Å². The summed E-state index contributed by atoms with van der Waals surface area (Å²) in [7, 11) is -3.94. The van der Waals surface area contributed by atoms with Crippen molar-refractivity contribution < 1.29 is 13.2 Å². The molecule has 0 saturated heterocycles. The van der Waals surface area contributed by atoms with Gasteiger partial charge in [0.1, 0.15) is 4.90 Å². The summed E-state index contributed by atoms with van der Waals surface area (Å²) in [5.74, 6) is -0.530. The van der Waals surface area contributed by atoms with Crippen LogP contribution in [0.15, 0.2) is 51.8 Å². The maximum absolute atomic E-state index is 12.2. The molecule has 0 radical (unpaired) electrons. The number of carbonyl (C=O) groups excluding carboxylic acids is 1. The number of halogens is 2. The molecule has 21 heavy (non-hydrogen) atoms. The molecule has 0 fully saturated rings. The van der Waals surface area contributed by atoms with Crippen molar-refractivity contribution in [3.63, 3.8) is 0 Å². The van der Waals surface area contributed by atoms with Crippen LogP contribution in [0.3, 0.4) is 0 Å². The molecular weight excluding hydrogens is 380 g/mol. The van der Waals surface area contributed by atoms with Crippen LogP contribution in [0.2, 0.25) is 5.02 Å². The standard InChI is InChI=1S/C13H10BrClN2O3S/c14-8-5-6-10(15)9(7-8)13(18)17-11-3-1-2-4-12(11)21(16,19)20/h1-7H,(H,17,18)(H2,16,19,20). The zero-order valence-corrected chi connectivity index (χ0v) is 13.7. The van der Waals surface area contributed by atoms with E-state index in [0.29, 0.717) is 4.47 Å². The van der Waals surface area contributed by atoms with Gasteiger partial charge in [-0.05, 0) is 30.3 Å². The Bertz CT molecular complexity index is 809. The van der Waals surface area contributed by atoms with Crippen LogP contribution in [0.4, 0.5) is 5.69 Å². The zero-order valence-electron chi connectivity index (χ0n) is 10.5. The van der Waals surface area contributed by atoms with E-state index >= 15 is 0 Å². The quantitative estimate of drug-likeness (QED) is 0.845. The molecule has 5 nitrogen and oxygen atoms in total. The van der Waals surface area contributed by atoms with Crippen LogP contribution >= 0.6 is 27.5 Å². The van der Waals surface area contributed by atoms with Crippen molar-refractivity contribution in [3.8, 4) is 0 Å². The lowest BCUT2D eigenvalue weighted by atomic mass is 10.2. The van der Waals surface area contributed by atoms with Gasteiger partial charge in [0.15, 0.2) is 0 Å². The number of amides is 1. The van der Waals surface area contributed by atoms with E-state index in [1.54, 1.807) is 18.2 Å². The molecule has 8 heteroatoms. The van der Waals surface area contributed by atoms with E-state index in [2.05, 4.69) is 21.2 Å². The second-order valence-corrected chi connectivity index (χ2v) is 6.97. The minimum absolute atomic E-state index is 0.0982. The largest absolute Gasteiger partial charge is 0.321 e. The molecule has 0 heterocycles. The van der Waals surface area contributed by atoms with Gasteiger partial charge in [0, 0.05) is 4.47 Å². The average molecular weight is 390 g/mol. The number of nitrogens with one attached hydrogen (secondary N) is 1. The third kappa shape index (κ3) is 3.82. The molecule has 0 aliphatic carbocycles. The van der Waals surface area contributed by atoms with Crippen molar-refractivity contribution in [3.05, 3.63) is 57.5 Å². The third-order valence-corrected chi connectivity index (χ3v) is 4.41. The van der Waals surface area contributed by atoms with Crippen molar-refractivity contribution >= 4 is 49.1 Å². The number of rotatable bonds is 3. The molecule has 0 atom stereocenters. The summed E-state index contributed by atoms with van der Waals surface area (Å²) in [4.78, 5) is 12.1. The summed E-state index contributed by atoms with van der Waals surface area (Å²) in [6.45, 7) is 0. The van der Waals surface area contributed by atoms with Gasteiger partial charge in [-0.15, -0.1) is 0 Å². The van der Waals surface area contributed by atoms with Crippen molar-refractivity contribution in [1.29, 1.82) is 0 Å². The Hall–Kier alpha value is -1.41. The molecule has 1 amide bonds. The molecule has 3 N–H and O–H groups in total. The molecule has 0 aromatic heterocycles. The van der Waals surface area contributed by atoms with Crippen molar-refractivity contribution in [2.45, 2.75) is 4.90 Å². The number of benzene rings is 2. The van der Waals surface area contributed by atoms with Gasteiger partial charge in [-0.2, -0.15) is 0 Å². The number of para-hydroxylation sites is 1. The maximum Gasteiger partial charge on any atom is 0.257 e. The zero-order chi connectivity index (χ0) is 15.6. The highest BCUT2D eigenvalue weighted by Crippen LogP contribution is 2.24. The van der Waals surface area contributed by atoms with Crippen molar-refractivity contribution in [2.75, 3.05) is 5.32 Å². The Morgan fingerprint density at radius 3 is 2.52 bits per heavy atom. The van der Waals surface area contributed by atoms with Gasteiger partial charge in [-0.1, -0.05) is 39.7 Å². The molecule has 0 aliphatic rings. The van der Waals surface area contributed by atoms with Gasteiger partial charge in [0.25, 0.3) is 5.91 Å². The monoisotopic (exact) mass is 388 g/mol. The van der Waals surface area contributed by atoms with Crippen LogP contribution in [0, 0.1) is 0 Å². The van der Waals surface area contributed by atoms with E-state index in [-0.39, 0.29) is 21.2 Å². The molecule has 0 spiro atoms. The Labute approximate surface area is 135 Å². The molecule has 0 saturated carbocycles. The fourth-order valence-electron chi connectivity index (χ4n) is 1.68. The van der Waals surface area contributed by atoms with Crippen molar-refractivity contribution in [2.24, 2.45) is 5.14 Å². The second kappa shape index (κ2) is 6.15. The minimum atomic E-state index is -3.94. The van der Waals surface area contributed by atoms with E-state index in [1.807, 2.05) is 0 Å². The van der Waals surface area contributed by atoms with E-state index in [4.69, 9.17) is 16.7 Å². The normalized spacial score (nSPS) is 11.2.